The quantitative estimate of drug-likeness (QED) is 0.312. The van der Waals surface area contributed by atoms with Gasteiger partial charge in [0.1, 0.15) is 0 Å². The summed E-state index contributed by atoms with van der Waals surface area (Å²) in [4.78, 5) is 64.9. The predicted molar refractivity (Wildman–Crippen MR) is 131 cm³/mol. The van der Waals surface area contributed by atoms with Crippen molar-refractivity contribution in [2.75, 3.05) is 11.4 Å². The Morgan fingerprint density at radius 1 is 1.08 bits per heavy atom. The van der Waals surface area contributed by atoms with Crippen LogP contribution in [-0.2, 0) is 24.6 Å². The number of fused-ring (bicyclic) bond motifs is 2. The van der Waals surface area contributed by atoms with Gasteiger partial charge in [0, 0.05) is 36.7 Å². The Balaban J connectivity index is 1.53. The lowest BCUT2D eigenvalue weighted by atomic mass is 9.76. The lowest BCUT2D eigenvalue weighted by Crippen LogP contribution is -2.60. The molecule has 1 fully saturated rings. The average molecular weight is 522 g/mol. The first kappa shape index (κ1) is 24.9. The third kappa shape index (κ3) is 3.66. The molecule has 0 aromatic heterocycles. The maximum atomic E-state index is 12.6. The van der Waals surface area contributed by atoms with Crippen LogP contribution in [0.3, 0.4) is 0 Å². The number of carbonyl (C=O) groups excluding carboxylic acids is 3. The van der Waals surface area contributed by atoms with Crippen molar-refractivity contribution in [1.82, 2.24) is 5.06 Å². The molecule has 0 radical (unpaired) electrons. The first-order chi connectivity index (χ1) is 18.0. The van der Waals surface area contributed by atoms with E-state index < -0.39 is 50.1 Å². The minimum absolute atomic E-state index is 0.00987. The second-order valence-corrected chi connectivity index (χ2v) is 9.62. The molecule has 196 valence electrons. The molecular weight excluding hydrogens is 500 g/mol. The number of hydroxylamine groups is 2. The monoisotopic (exact) mass is 522 g/mol. The van der Waals surface area contributed by atoms with E-state index in [1.807, 2.05) is 32.0 Å². The molecule has 0 aliphatic carbocycles. The van der Waals surface area contributed by atoms with E-state index in [0.29, 0.717) is 10.8 Å². The number of hydrogen-bond donors (Lipinski definition) is 0. The highest BCUT2D eigenvalue weighted by atomic mass is 16.7. The van der Waals surface area contributed by atoms with Crippen LogP contribution in [0, 0.1) is 20.2 Å². The Morgan fingerprint density at radius 2 is 1.76 bits per heavy atom. The van der Waals surface area contributed by atoms with E-state index in [-0.39, 0.29) is 37.1 Å². The zero-order chi connectivity index (χ0) is 27.4. The molecule has 3 heterocycles. The number of nitrogens with zero attached hydrogens (tertiary/aromatic N) is 4. The van der Waals surface area contributed by atoms with Crippen LogP contribution in [0.15, 0.2) is 42.5 Å². The zero-order valence-corrected chi connectivity index (χ0v) is 20.4. The molecule has 0 N–H and O–H groups in total. The number of para-hydroxylation sites is 1. The maximum absolute atomic E-state index is 12.6. The lowest BCUT2D eigenvalue weighted by Gasteiger charge is -2.46. The molecule has 2 amide bonds. The van der Waals surface area contributed by atoms with Crippen molar-refractivity contribution in [1.29, 1.82) is 0 Å². The number of hydrogen-bond acceptors (Lipinski definition) is 10. The zero-order valence-electron chi connectivity index (χ0n) is 20.4. The fraction of sp³-hybridized carbons (Fsp3) is 0.320. The van der Waals surface area contributed by atoms with Crippen LogP contribution in [0.4, 0.5) is 17.1 Å². The van der Waals surface area contributed by atoms with E-state index in [1.54, 1.807) is 23.1 Å². The summed E-state index contributed by atoms with van der Waals surface area (Å²) in [6.07, 6.45) is 2.91. The Kier molecular flexibility index (Phi) is 5.66. The van der Waals surface area contributed by atoms with Crippen LogP contribution in [0.25, 0.3) is 6.08 Å². The summed E-state index contributed by atoms with van der Waals surface area (Å²) in [5, 5.41) is 23.7. The number of nitro groups is 2. The Labute approximate surface area is 215 Å². The van der Waals surface area contributed by atoms with Gasteiger partial charge in [0.2, 0.25) is 11.5 Å². The van der Waals surface area contributed by atoms with Crippen LogP contribution in [0.2, 0.25) is 0 Å². The van der Waals surface area contributed by atoms with Gasteiger partial charge in [-0.1, -0.05) is 18.2 Å². The summed E-state index contributed by atoms with van der Waals surface area (Å²) in [5.41, 5.74) is -1.45. The third-order valence-electron chi connectivity index (χ3n) is 7.14. The number of ether oxygens (including phenoxy) is 1. The first-order valence-corrected chi connectivity index (χ1v) is 11.7. The van der Waals surface area contributed by atoms with Crippen molar-refractivity contribution >= 4 is 40.9 Å². The fourth-order valence-electron chi connectivity index (χ4n) is 5.21. The highest BCUT2D eigenvalue weighted by Crippen LogP contribution is 2.56. The number of amides is 2. The Morgan fingerprint density at radius 3 is 2.42 bits per heavy atom. The van der Waals surface area contributed by atoms with Crippen LogP contribution < -0.4 is 9.64 Å². The smallest absolute Gasteiger partial charge is 0.334 e. The van der Waals surface area contributed by atoms with E-state index in [9.17, 15) is 34.6 Å². The van der Waals surface area contributed by atoms with Crippen molar-refractivity contribution in [3.05, 3.63) is 73.8 Å². The van der Waals surface area contributed by atoms with Crippen molar-refractivity contribution in [3.63, 3.8) is 0 Å². The standard InChI is InChI=1S/C25H22N4O9/c1-24(2)17-5-3-4-6-18(17)26(12-10-22(32)38-27-20(30)7-8-21(27)31)25(24)11-9-15-13-16(28(33)34)14-19(29(35)36)23(15)37-25/h3-6,9,11,13-14H,7-8,10,12H2,1-2H3. The number of benzene rings is 2. The normalized spacial score (nSPS) is 20.8. The fourth-order valence-corrected chi connectivity index (χ4v) is 5.21. The number of rotatable bonds is 6. The van der Waals surface area contributed by atoms with E-state index in [1.165, 1.54) is 6.07 Å². The van der Waals surface area contributed by atoms with Crippen molar-refractivity contribution in [2.45, 2.75) is 44.2 Å². The van der Waals surface area contributed by atoms with Gasteiger partial charge in [-0.05, 0) is 37.6 Å². The van der Waals surface area contributed by atoms with Gasteiger partial charge in [0.05, 0.1) is 27.7 Å². The van der Waals surface area contributed by atoms with Gasteiger partial charge in [-0.2, -0.15) is 0 Å². The number of imide groups is 1. The molecule has 38 heavy (non-hydrogen) atoms. The third-order valence-corrected chi connectivity index (χ3v) is 7.14. The van der Waals surface area contributed by atoms with Crippen LogP contribution in [0.5, 0.6) is 5.75 Å². The van der Waals surface area contributed by atoms with Crippen LogP contribution >= 0.6 is 0 Å². The Bertz CT molecular complexity index is 1430. The number of anilines is 1. The molecule has 2 aromatic carbocycles. The van der Waals surface area contributed by atoms with Gasteiger partial charge in [-0.15, -0.1) is 5.06 Å². The molecule has 0 bridgehead atoms. The molecule has 13 heteroatoms. The predicted octanol–water partition coefficient (Wildman–Crippen LogP) is 3.40. The van der Waals surface area contributed by atoms with Gasteiger partial charge in [-0.3, -0.25) is 29.8 Å². The average Bonchev–Trinajstić information content (AvgIpc) is 3.28. The molecule has 1 atom stereocenters. The van der Waals surface area contributed by atoms with Crippen LogP contribution in [0.1, 0.15) is 44.2 Å². The van der Waals surface area contributed by atoms with E-state index >= 15 is 0 Å². The van der Waals surface area contributed by atoms with E-state index in [0.717, 1.165) is 11.6 Å². The van der Waals surface area contributed by atoms with Crippen molar-refractivity contribution in [3.8, 4) is 5.75 Å². The van der Waals surface area contributed by atoms with Crippen molar-refractivity contribution in [2.24, 2.45) is 0 Å². The van der Waals surface area contributed by atoms with Gasteiger partial charge in [-0.25, -0.2) is 4.79 Å². The Hall–Kier alpha value is -4.81. The van der Waals surface area contributed by atoms with Crippen molar-refractivity contribution < 1.29 is 33.8 Å². The first-order valence-electron chi connectivity index (χ1n) is 11.7. The molecule has 0 saturated carbocycles. The van der Waals surface area contributed by atoms with Crippen LogP contribution in [-0.4, -0.2) is 45.0 Å². The van der Waals surface area contributed by atoms with E-state index in [4.69, 9.17) is 9.57 Å². The molecule has 1 spiro atoms. The van der Waals surface area contributed by atoms with Gasteiger partial charge >= 0.3 is 11.7 Å². The van der Waals surface area contributed by atoms with Gasteiger partial charge in [0.15, 0.2) is 0 Å². The second kappa shape index (κ2) is 8.64. The SMILES string of the molecule is CC1(C)c2ccccc2N(CCC(=O)ON2C(=O)CCC2=O)C12C=Cc1cc([N+](=O)[O-])cc([N+](=O)[O-])c1O2. The molecule has 2 aromatic rings. The second-order valence-electron chi connectivity index (χ2n) is 9.62. The highest BCUT2D eigenvalue weighted by Gasteiger charge is 2.59. The lowest BCUT2D eigenvalue weighted by molar-refractivity contribution is -0.395. The maximum Gasteiger partial charge on any atom is 0.334 e. The summed E-state index contributed by atoms with van der Waals surface area (Å²) in [6, 6.07) is 9.39. The summed E-state index contributed by atoms with van der Waals surface area (Å²) in [6.45, 7) is 3.78. The number of carbonyl (C=O) groups is 3. The summed E-state index contributed by atoms with van der Waals surface area (Å²) >= 11 is 0. The highest BCUT2D eigenvalue weighted by molar-refractivity contribution is 6.01. The van der Waals surface area contributed by atoms with Gasteiger partial charge < -0.3 is 14.5 Å². The molecule has 1 saturated heterocycles. The molecule has 3 aliphatic heterocycles. The topological polar surface area (TPSA) is 162 Å². The number of nitro benzene ring substituents is 2. The molecular formula is C25H22N4O9. The molecule has 3 aliphatic rings. The minimum Gasteiger partial charge on any atom is -0.456 e. The van der Waals surface area contributed by atoms with E-state index in [2.05, 4.69) is 0 Å². The molecule has 1 unspecified atom stereocenters. The number of non-ortho nitro benzene ring substituents is 1. The molecule has 13 nitrogen and oxygen atoms in total. The molecule has 5 rings (SSSR count). The minimum atomic E-state index is -1.36. The summed E-state index contributed by atoms with van der Waals surface area (Å²) < 4.78 is 6.42. The van der Waals surface area contributed by atoms with Gasteiger partial charge in [0.25, 0.3) is 17.5 Å². The summed E-state index contributed by atoms with van der Waals surface area (Å²) in [7, 11) is 0. The summed E-state index contributed by atoms with van der Waals surface area (Å²) in [5.74, 6) is -2.13. The largest absolute Gasteiger partial charge is 0.456 e.